The molecule has 4 aromatic carbocycles. The normalized spacial score (nSPS) is 12.4. The van der Waals surface area contributed by atoms with Crippen molar-refractivity contribution in [2.45, 2.75) is 25.3 Å². The number of methoxy groups -OCH3 is 1. The number of aromatic nitrogens is 3. The van der Waals surface area contributed by atoms with Crippen molar-refractivity contribution in [2.24, 2.45) is 4.99 Å². The summed E-state index contributed by atoms with van der Waals surface area (Å²) in [6.07, 6.45) is 3.61. The number of benzene rings is 4. The zero-order valence-corrected chi connectivity index (χ0v) is 28.4. The van der Waals surface area contributed by atoms with Gasteiger partial charge in [0.1, 0.15) is 18.1 Å². The number of nitrogens with zero attached hydrogens (tertiary/aromatic N) is 4. The van der Waals surface area contributed by atoms with Crippen LogP contribution in [0.3, 0.4) is 0 Å². The van der Waals surface area contributed by atoms with E-state index in [4.69, 9.17) is 21.3 Å². The van der Waals surface area contributed by atoms with E-state index in [1.165, 1.54) is 6.92 Å². The third-order valence-electron chi connectivity index (χ3n) is 7.51. The Balaban J connectivity index is 0.000000185. The molecule has 244 valence electrons. The summed E-state index contributed by atoms with van der Waals surface area (Å²) in [5, 5.41) is 16.4. The molecule has 0 saturated heterocycles. The number of hydrogen-bond donors (Lipinski definition) is 3. The lowest BCUT2D eigenvalue weighted by molar-refractivity contribution is -0.118. The lowest BCUT2D eigenvalue weighted by atomic mass is 10.00. The summed E-state index contributed by atoms with van der Waals surface area (Å²) in [7, 11) is -0.222. The van der Waals surface area contributed by atoms with Crippen LogP contribution in [0, 0.1) is 6.92 Å². The minimum Gasteiger partial charge on any atom is -0.497 e. The van der Waals surface area contributed by atoms with Gasteiger partial charge in [-0.05, 0) is 78.7 Å². The van der Waals surface area contributed by atoms with Gasteiger partial charge < -0.3 is 19.9 Å². The molecule has 47 heavy (non-hydrogen) atoms. The smallest absolute Gasteiger partial charge is 0.251 e. The second-order valence-corrected chi connectivity index (χ2v) is 14.7. The lowest BCUT2D eigenvalue weighted by Crippen LogP contribution is -2.33. The molecule has 1 aliphatic heterocycles. The predicted octanol–water partition coefficient (Wildman–Crippen LogP) is 6.19. The molecule has 0 aliphatic carbocycles. The summed E-state index contributed by atoms with van der Waals surface area (Å²) in [6, 6.07) is 24.9. The minimum atomic E-state index is -1.88. The topological polar surface area (TPSA) is 131 Å². The number of carbonyl (C=O) groups is 2. The molecule has 6 rings (SSSR count). The van der Waals surface area contributed by atoms with Crippen molar-refractivity contribution in [1.82, 2.24) is 25.4 Å². The highest BCUT2D eigenvalue weighted by molar-refractivity contribution is 8.28. The molecule has 0 spiro atoms. The number of fused-ring (bicyclic) bond motifs is 4. The van der Waals surface area contributed by atoms with Crippen molar-refractivity contribution in [3.63, 3.8) is 0 Å². The first kappa shape index (κ1) is 33.6. The maximum absolute atomic E-state index is 12.2. The molecule has 2 amide bonds. The summed E-state index contributed by atoms with van der Waals surface area (Å²) in [5.41, 5.74) is 4.42. The Morgan fingerprint density at radius 2 is 1.72 bits per heavy atom. The number of aryl methyl sites for hydroxylation is 1. The van der Waals surface area contributed by atoms with Gasteiger partial charge in [-0.15, -0.1) is 20.5 Å². The van der Waals surface area contributed by atoms with Crippen molar-refractivity contribution in [2.75, 3.05) is 32.7 Å². The Labute approximate surface area is 280 Å². The van der Waals surface area contributed by atoms with E-state index in [-0.39, 0.29) is 11.8 Å². The second-order valence-electron chi connectivity index (χ2n) is 11.3. The minimum absolute atomic E-state index is 0.122. The van der Waals surface area contributed by atoms with E-state index in [1.807, 2.05) is 96.8 Å². The molecule has 0 fully saturated rings. The van der Waals surface area contributed by atoms with Gasteiger partial charge in [-0.1, -0.05) is 41.9 Å². The second kappa shape index (κ2) is 14.4. The fourth-order valence-electron chi connectivity index (χ4n) is 5.28. The summed E-state index contributed by atoms with van der Waals surface area (Å²) >= 11 is 6.02. The average molecular weight is 673 g/mol. The van der Waals surface area contributed by atoms with Gasteiger partial charge in [0.15, 0.2) is 5.82 Å². The molecule has 0 bridgehead atoms. The van der Waals surface area contributed by atoms with Gasteiger partial charge in [-0.25, -0.2) is 0 Å². The third-order valence-corrected chi connectivity index (χ3v) is 9.20. The number of hydrogen-bond acceptors (Lipinski definition) is 7. The monoisotopic (exact) mass is 672 g/mol. The number of rotatable bonds is 7. The van der Waals surface area contributed by atoms with E-state index in [9.17, 15) is 14.1 Å². The molecule has 5 aromatic rings. The zero-order chi connectivity index (χ0) is 33.7. The molecule has 2 heterocycles. The summed E-state index contributed by atoms with van der Waals surface area (Å²) in [4.78, 5) is 28.7. The highest BCUT2D eigenvalue weighted by Crippen LogP contribution is 2.48. The van der Waals surface area contributed by atoms with Gasteiger partial charge in [-0.3, -0.25) is 19.1 Å². The highest BCUT2D eigenvalue weighted by atomic mass is 35.5. The van der Waals surface area contributed by atoms with E-state index >= 15 is 0 Å². The van der Waals surface area contributed by atoms with Crippen LogP contribution >= 0.6 is 21.9 Å². The summed E-state index contributed by atoms with van der Waals surface area (Å²) in [6.45, 7) is 4.61. The first-order valence-corrected chi connectivity index (χ1v) is 17.7. The Morgan fingerprint density at radius 1 is 0.979 bits per heavy atom. The molecule has 12 heteroatoms. The van der Waals surface area contributed by atoms with Gasteiger partial charge >= 0.3 is 0 Å². The number of halogens is 1. The number of nitrogens with one attached hydrogen (secondary N) is 2. The molecule has 1 aliphatic rings. The van der Waals surface area contributed by atoms with Crippen LogP contribution in [0.4, 0.5) is 0 Å². The van der Waals surface area contributed by atoms with Crippen LogP contribution in [0.5, 0.6) is 5.75 Å². The van der Waals surface area contributed by atoms with E-state index in [0.717, 1.165) is 55.6 Å². The molecule has 3 N–H and O–H groups in total. The van der Waals surface area contributed by atoms with Gasteiger partial charge in [0.2, 0.25) is 5.91 Å². The maximum Gasteiger partial charge on any atom is 0.251 e. The average Bonchev–Trinajstić information content (AvgIpc) is 3.33. The highest BCUT2D eigenvalue weighted by Gasteiger charge is 2.22. The van der Waals surface area contributed by atoms with Crippen molar-refractivity contribution in [3.8, 4) is 11.4 Å². The number of ether oxygens (including phenoxy) is 1. The Morgan fingerprint density at radius 3 is 2.43 bits per heavy atom. The fraction of sp³-hybridized carbons (Fsp3) is 0.229. The molecule has 0 unspecified atom stereocenters. The first-order valence-electron chi connectivity index (χ1n) is 14.9. The van der Waals surface area contributed by atoms with Gasteiger partial charge in [0.25, 0.3) is 5.91 Å². The molecular formula is C35H37ClN6O4S. The largest absolute Gasteiger partial charge is 0.497 e. The van der Waals surface area contributed by atoms with Gasteiger partial charge in [0, 0.05) is 46.6 Å². The molecule has 1 aromatic heterocycles. The fourth-order valence-corrected chi connectivity index (χ4v) is 6.53. The molecule has 0 atom stereocenters. The van der Waals surface area contributed by atoms with Crippen molar-refractivity contribution < 1.29 is 18.9 Å². The van der Waals surface area contributed by atoms with Crippen LogP contribution in [0.1, 0.15) is 40.1 Å². The molecule has 10 nitrogen and oxygen atoms in total. The summed E-state index contributed by atoms with van der Waals surface area (Å²) < 4.78 is 17.8. The van der Waals surface area contributed by atoms with Crippen LogP contribution in [-0.4, -0.2) is 69.6 Å². The molecule has 0 saturated carbocycles. The van der Waals surface area contributed by atoms with E-state index in [1.54, 1.807) is 13.2 Å². The van der Waals surface area contributed by atoms with Crippen molar-refractivity contribution >= 4 is 50.2 Å². The Kier molecular flexibility index (Phi) is 10.3. The van der Waals surface area contributed by atoms with Crippen molar-refractivity contribution in [3.05, 3.63) is 112 Å². The zero-order valence-electron chi connectivity index (χ0n) is 26.9. The quantitative estimate of drug-likeness (QED) is 0.177. The lowest BCUT2D eigenvalue weighted by Gasteiger charge is -2.25. The number of aliphatic imine (C=N–C) groups is 1. The van der Waals surface area contributed by atoms with E-state index < -0.39 is 10.3 Å². The summed E-state index contributed by atoms with van der Waals surface area (Å²) in [5.74, 6) is 2.12. The van der Waals surface area contributed by atoms with E-state index in [2.05, 4.69) is 20.8 Å². The number of amides is 2. The molecular weight excluding hydrogens is 636 g/mol. The van der Waals surface area contributed by atoms with Crippen LogP contribution in [0.2, 0.25) is 5.02 Å². The van der Waals surface area contributed by atoms with Gasteiger partial charge in [0.05, 0.1) is 18.5 Å². The first-order chi connectivity index (χ1) is 22.5. The van der Waals surface area contributed by atoms with Gasteiger partial charge in [-0.2, -0.15) is 0 Å². The third kappa shape index (κ3) is 7.82. The maximum atomic E-state index is 12.2. The standard InChI is InChI=1S/C18H15ClN4O.C17H22N2O3S/c1-11-21-22-17-10-20-18(12-3-5-13(19)6-4-12)15-9-14(24-2)7-8-16(15)23(11)17;1-12(20)18-9-10-19-17(21)14-8-7-13-5-4-6-16(15(13)11-14)23(2,3)22/h3-9H,10H2,1-2H3;4-8,11,22H,9-10H2,1-3H3,(H,18,20)(H,19,21). The molecule has 0 radical (unpaired) electrons. The Bertz CT molecular complexity index is 1970. The van der Waals surface area contributed by atoms with Crippen LogP contribution in [0.15, 0.2) is 88.8 Å². The Hall–Kier alpha value is -4.71. The van der Waals surface area contributed by atoms with Crippen LogP contribution in [0.25, 0.3) is 16.5 Å². The van der Waals surface area contributed by atoms with Crippen molar-refractivity contribution in [1.29, 1.82) is 0 Å². The van der Waals surface area contributed by atoms with Crippen LogP contribution < -0.4 is 15.4 Å². The number of carbonyl (C=O) groups excluding carboxylic acids is 2. The predicted molar refractivity (Wildman–Crippen MR) is 189 cm³/mol. The van der Waals surface area contributed by atoms with Crippen LogP contribution in [-0.2, 0) is 11.3 Å². The SMILES string of the molecule is CC(=O)NCCNC(=O)c1ccc2cccc(S(C)(C)O)c2c1.COc1ccc2c(c1)C(c1ccc(Cl)cc1)=NCc1nnc(C)n1-2. The van der Waals surface area contributed by atoms with E-state index in [0.29, 0.717) is 30.2 Å².